The summed E-state index contributed by atoms with van der Waals surface area (Å²) in [6.07, 6.45) is 0.269. The summed E-state index contributed by atoms with van der Waals surface area (Å²) in [5.41, 5.74) is 4.17. The van der Waals surface area contributed by atoms with Crippen LogP contribution in [-0.4, -0.2) is 19.7 Å². The van der Waals surface area contributed by atoms with Gasteiger partial charge in [-0.2, -0.15) is 13.2 Å². The van der Waals surface area contributed by atoms with Crippen molar-refractivity contribution in [3.8, 4) is 22.9 Å². The molecule has 0 saturated heterocycles. The Kier molecular flexibility index (Phi) is 5.00. The van der Waals surface area contributed by atoms with E-state index >= 15 is 4.39 Å². The number of aromatic nitrogens is 4. The minimum Gasteiger partial charge on any atom is -0.444 e. The van der Waals surface area contributed by atoms with Gasteiger partial charge in [0.2, 0.25) is 5.88 Å². The Morgan fingerprint density at radius 2 is 1.97 bits per heavy atom. The van der Waals surface area contributed by atoms with Crippen molar-refractivity contribution in [3.63, 3.8) is 0 Å². The number of anilines is 1. The van der Waals surface area contributed by atoms with Crippen LogP contribution in [0.5, 0.6) is 11.6 Å². The summed E-state index contributed by atoms with van der Waals surface area (Å²) < 4.78 is 61.7. The van der Waals surface area contributed by atoms with E-state index in [0.717, 1.165) is 26.3 Å². The standard InChI is InChI=1S/C20H16F4N6O/c1-26-16-18(20(22,23)24)30(2)29-19(16)31-17-11(10-4-3-5-10)6-7-12(15(17)21)13-8-28-14(25)9-27-13/h6-10H,3-5H2,2H3,(H2,25,28). The number of hydrogen-bond donors (Lipinski definition) is 1. The van der Waals surface area contributed by atoms with Gasteiger partial charge in [-0.3, -0.25) is 9.67 Å². The zero-order chi connectivity index (χ0) is 22.3. The molecule has 4 rings (SSSR count). The maximum absolute atomic E-state index is 15.5. The van der Waals surface area contributed by atoms with Crippen molar-refractivity contribution >= 4 is 11.5 Å². The monoisotopic (exact) mass is 432 g/mol. The van der Waals surface area contributed by atoms with E-state index in [0.29, 0.717) is 10.2 Å². The van der Waals surface area contributed by atoms with E-state index in [1.165, 1.54) is 18.5 Å². The summed E-state index contributed by atoms with van der Waals surface area (Å²) in [5, 5.41) is 3.69. The molecule has 0 aliphatic heterocycles. The summed E-state index contributed by atoms with van der Waals surface area (Å²) in [7, 11) is 1.05. The molecular formula is C20H16F4N6O. The molecule has 2 N–H and O–H groups in total. The minimum absolute atomic E-state index is 0.00163. The maximum Gasteiger partial charge on any atom is 0.423 e. The Morgan fingerprint density at radius 1 is 1.23 bits per heavy atom. The zero-order valence-corrected chi connectivity index (χ0v) is 16.2. The van der Waals surface area contributed by atoms with Gasteiger partial charge in [-0.25, -0.2) is 14.2 Å². The molecule has 2 heterocycles. The smallest absolute Gasteiger partial charge is 0.423 e. The van der Waals surface area contributed by atoms with E-state index in [2.05, 4.69) is 19.9 Å². The van der Waals surface area contributed by atoms with Crippen LogP contribution in [0.2, 0.25) is 0 Å². The molecule has 1 aliphatic rings. The molecule has 1 aliphatic carbocycles. The van der Waals surface area contributed by atoms with Gasteiger partial charge in [0, 0.05) is 18.2 Å². The first kappa shape index (κ1) is 20.6. The van der Waals surface area contributed by atoms with Crippen LogP contribution in [0, 0.1) is 12.4 Å². The second-order valence-corrected chi connectivity index (χ2v) is 7.14. The van der Waals surface area contributed by atoms with Crippen LogP contribution in [0.15, 0.2) is 24.5 Å². The molecular weight excluding hydrogens is 416 g/mol. The first-order chi connectivity index (χ1) is 14.7. The second kappa shape index (κ2) is 7.54. The van der Waals surface area contributed by atoms with E-state index in [4.69, 9.17) is 17.0 Å². The lowest BCUT2D eigenvalue weighted by molar-refractivity contribution is -0.142. The predicted octanol–water partition coefficient (Wildman–Crippen LogP) is 5.23. The Labute approximate surface area is 174 Å². The van der Waals surface area contributed by atoms with Crippen LogP contribution in [-0.2, 0) is 13.2 Å². The molecule has 2 aromatic heterocycles. The highest BCUT2D eigenvalue weighted by molar-refractivity contribution is 5.66. The van der Waals surface area contributed by atoms with Gasteiger partial charge >= 0.3 is 6.18 Å². The predicted molar refractivity (Wildman–Crippen MR) is 103 cm³/mol. The summed E-state index contributed by atoms with van der Waals surface area (Å²) in [4.78, 5) is 10.9. The van der Waals surface area contributed by atoms with Crippen molar-refractivity contribution < 1.29 is 22.3 Å². The number of ether oxygens (including phenoxy) is 1. The van der Waals surface area contributed by atoms with Crippen molar-refractivity contribution in [1.82, 2.24) is 19.7 Å². The van der Waals surface area contributed by atoms with Crippen LogP contribution >= 0.6 is 0 Å². The molecule has 0 bridgehead atoms. The van der Waals surface area contributed by atoms with E-state index in [1.54, 1.807) is 6.07 Å². The van der Waals surface area contributed by atoms with Gasteiger partial charge in [0.25, 0.3) is 5.69 Å². The van der Waals surface area contributed by atoms with E-state index in [1.807, 2.05) is 0 Å². The highest BCUT2D eigenvalue weighted by atomic mass is 19.4. The number of hydrogen-bond acceptors (Lipinski definition) is 5. The highest BCUT2D eigenvalue weighted by Crippen LogP contribution is 2.48. The summed E-state index contributed by atoms with van der Waals surface area (Å²) in [5.74, 6) is -1.54. The summed E-state index contributed by atoms with van der Waals surface area (Å²) in [6.45, 7) is 7.19. The Bertz CT molecular complexity index is 1180. The molecule has 1 fully saturated rings. The quantitative estimate of drug-likeness (QED) is 0.451. The number of nitrogens with zero attached hydrogens (tertiary/aromatic N) is 5. The minimum atomic E-state index is -4.82. The number of rotatable bonds is 4. The van der Waals surface area contributed by atoms with Crippen LogP contribution in [0.4, 0.5) is 29.1 Å². The molecule has 3 aromatic rings. The molecule has 0 unspecified atom stereocenters. The number of nitrogens with two attached hydrogens (primary N) is 1. The van der Waals surface area contributed by atoms with Crippen LogP contribution < -0.4 is 10.5 Å². The van der Waals surface area contributed by atoms with Gasteiger partial charge in [-0.15, -0.1) is 5.10 Å². The molecule has 31 heavy (non-hydrogen) atoms. The SMILES string of the molecule is [C-]#[N+]c1c(Oc2c(C3CCC3)ccc(-c3cnc(N)cn3)c2F)nn(C)c1C(F)(F)F. The molecule has 7 nitrogen and oxygen atoms in total. The second-order valence-electron chi connectivity index (χ2n) is 7.14. The van der Waals surface area contributed by atoms with Crippen molar-refractivity contribution in [2.45, 2.75) is 31.4 Å². The average molecular weight is 432 g/mol. The largest absolute Gasteiger partial charge is 0.444 e. The first-order valence-corrected chi connectivity index (χ1v) is 9.30. The normalized spacial score (nSPS) is 14.2. The average Bonchev–Trinajstić information content (AvgIpc) is 2.99. The van der Waals surface area contributed by atoms with Gasteiger partial charge in [-0.05, 0) is 24.8 Å². The number of aryl methyl sites for hydroxylation is 1. The third-order valence-corrected chi connectivity index (χ3v) is 5.19. The molecule has 0 spiro atoms. The number of alkyl halides is 3. The fraction of sp³-hybridized carbons (Fsp3) is 0.300. The van der Waals surface area contributed by atoms with Crippen LogP contribution in [0.25, 0.3) is 16.1 Å². The number of benzene rings is 1. The Morgan fingerprint density at radius 3 is 2.52 bits per heavy atom. The third kappa shape index (κ3) is 3.65. The lowest BCUT2D eigenvalue weighted by Crippen LogP contribution is -2.11. The Balaban J connectivity index is 1.85. The molecule has 1 aromatic carbocycles. The molecule has 160 valence electrons. The number of halogens is 4. The summed E-state index contributed by atoms with van der Waals surface area (Å²) >= 11 is 0. The van der Waals surface area contributed by atoms with Gasteiger partial charge in [0.05, 0.1) is 24.7 Å². The van der Waals surface area contributed by atoms with Gasteiger partial charge in [0.15, 0.2) is 17.3 Å². The number of nitrogen functional groups attached to an aromatic ring is 1. The highest BCUT2D eigenvalue weighted by Gasteiger charge is 2.40. The van der Waals surface area contributed by atoms with Gasteiger partial charge in [-0.1, -0.05) is 12.5 Å². The van der Waals surface area contributed by atoms with Crippen LogP contribution in [0.3, 0.4) is 0 Å². The van der Waals surface area contributed by atoms with E-state index in [-0.39, 0.29) is 28.7 Å². The lowest BCUT2D eigenvalue weighted by Gasteiger charge is -2.28. The third-order valence-electron chi connectivity index (χ3n) is 5.19. The molecule has 11 heteroatoms. The fourth-order valence-corrected chi connectivity index (χ4v) is 3.46. The zero-order valence-electron chi connectivity index (χ0n) is 16.2. The topological polar surface area (TPSA) is 83.2 Å². The van der Waals surface area contributed by atoms with Crippen molar-refractivity contribution in [3.05, 3.63) is 53.0 Å². The maximum atomic E-state index is 15.5. The summed E-state index contributed by atoms with van der Waals surface area (Å²) in [6, 6.07) is 3.17. The lowest BCUT2D eigenvalue weighted by atomic mass is 9.79. The van der Waals surface area contributed by atoms with Crippen LogP contribution in [0.1, 0.15) is 36.4 Å². The molecule has 1 saturated carbocycles. The van der Waals surface area contributed by atoms with Gasteiger partial charge < -0.3 is 10.5 Å². The fourth-order valence-electron chi connectivity index (χ4n) is 3.46. The van der Waals surface area contributed by atoms with Crippen molar-refractivity contribution in [2.24, 2.45) is 7.05 Å². The van der Waals surface area contributed by atoms with Gasteiger partial charge in [0.1, 0.15) is 5.82 Å². The van der Waals surface area contributed by atoms with E-state index < -0.39 is 29.3 Å². The van der Waals surface area contributed by atoms with Crippen molar-refractivity contribution in [2.75, 3.05) is 5.73 Å². The molecule has 0 radical (unpaired) electrons. The van der Waals surface area contributed by atoms with E-state index in [9.17, 15) is 13.2 Å². The molecule has 0 atom stereocenters. The Hall–Kier alpha value is -3.68. The first-order valence-electron chi connectivity index (χ1n) is 9.30. The molecule has 0 amide bonds. The van der Waals surface area contributed by atoms with Crippen molar-refractivity contribution in [1.29, 1.82) is 0 Å².